The average molecular weight is 481 g/mol. The first-order chi connectivity index (χ1) is 16.4. The van der Waals surface area contributed by atoms with Gasteiger partial charge in [0.25, 0.3) is 0 Å². The van der Waals surface area contributed by atoms with Gasteiger partial charge in [0.15, 0.2) is 0 Å². The molecule has 2 heterocycles. The number of hydrogen-bond donors (Lipinski definition) is 1. The summed E-state index contributed by atoms with van der Waals surface area (Å²) in [4.78, 5) is 17.8. The molecule has 1 aliphatic heterocycles. The van der Waals surface area contributed by atoms with Gasteiger partial charge < -0.3 is 9.88 Å². The van der Waals surface area contributed by atoms with E-state index >= 15 is 0 Å². The Labute approximate surface area is 201 Å². The molecule has 5 rings (SSSR count). The van der Waals surface area contributed by atoms with Crippen LogP contribution >= 0.6 is 0 Å². The SMILES string of the molecule is Cn1c(CCC(=O)NC2(c3ccccc3)CCC2)nc2cc(S(=O)(=O)N3CCCCC3)ccc21. The van der Waals surface area contributed by atoms with Crippen molar-refractivity contribution in [2.24, 2.45) is 7.05 Å². The number of piperidine rings is 1. The summed E-state index contributed by atoms with van der Waals surface area (Å²) in [7, 11) is -1.59. The molecule has 2 fully saturated rings. The second kappa shape index (κ2) is 9.15. The molecule has 0 spiro atoms. The number of benzene rings is 2. The largest absolute Gasteiger partial charge is 0.347 e. The minimum Gasteiger partial charge on any atom is -0.347 e. The number of carbonyl (C=O) groups excluding carboxylic acids is 1. The molecule has 1 aliphatic carbocycles. The molecule has 34 heavy (non-hydrogen) atoms. The first kappa shape index (κ1) is 23.1. The maximum absolute atomic E-state index is 13.1. The number of amides is 1. The van der Waals surface area contributed by atoms with Crippen molar-refractivity contribution in [3.05, 3.63) is 59.9 Å². The van der Waals surface area contributed by atoms with Crippen LogP contribution in [0.25, 0.3) is 11.0 Å². The number of aromatic nitrogens is 2. The summed E-state index contributed by atoms with van der Waals surface area (Å²) < 4.78 is 29.7. The predicted octanol–water partition coefficient (Wildman–Crippen LogP) is 3.88. The molecular formula is C26H32N4O3S. The highest BCUT2D eigenvalue weighted by atomic mass is 32.2. The van der Waals surface area contributed by atoms with Crippen molar-refractivity contribution in [3.63, 3.8) is 0 Å². The van der Waals surface area contributed by atoms with Gasteiger partial charge in [0.1, 0.15) is 5.82 Å². The zero-order valence-corrected chi connectivity index (χ0v) is 20.5. The van der Waals surface area contributed by atoms with Crippen molar-refractivity contribution < 1.29 is 13.2 Å². The lowest BCUT2D eigenvalue weighted by atomic mass is 9.71. The number of imidazole rings is 1. The van der Waals surface area contributed by atoms with Gasteiger partial charge in [-0.15, -0.1) is 0 Å². The highest BCUT2D eigenvalue weighted by Crippen LogP contribution is 2.41. The van der Waals surface area contributed by atoms with E-state index in [-0.39, 0.29) is 11.4 Å². The molecule has 2 aromatic carbocycles. The van der Waals surface area contributed by atoms with Gasteiger partial charge >= 0.3 is 0 Å². The normalized spacial score (nSPS) is 18.5. The van der Waals surface area contributed by atoms with Gasteiger partial charge in [-0.1, -0.05) is 36.8 Å². The molecule has 0 radical (unpaired) electrons. The molecule has 1 saturated carbocycles. The summed E-state index contributed by atoms with van der Waals surface area (Å²) in [5, 5.41) is 3.27. The minimum absolute atomic E-state index is 0.0176. The first-order valence-electron chi connectivity index (χ1n) is 12.2. The third-order valence-electron chi connectivity index (χ3n) is 7.39. The quantitative estimate of drug-likeness (QED) is 0.556. The van der Waals surface area contributed by atoms with E-state index in [0.717, 1.165) is 49.9 Å². The number of carbonyl (C=O) groups is 1. The number of aryl methyl sites for hydroxylation is 2. The van der Waals surface area contributed by atoms with Gasteiger partial charge in [0.05, 0.1) is 21.5 Å². The van der Waals surface area contributed by atoms with Crippen LogP contribution in [-0.2, 0) is 33.8 Å². The van der Waals surface area contributed by atoms with Crippen molar-refractivity contribution in [2.75, 3.05) is 13.1 Å². The molecule has 1 saturated heterocycles. The predicted molar refractivity (Wildman–Crippen MR) is 132 cm³/mol. The van der Waals surface area contributed by atoms with Crippen LogP contribution in [0, 0.1) is 0 Å². The molecule has 0 unspecified atom stereocenters. The van der Waals surface area contributed by atoms with Crippen LogP contribution in [0.2, 0.25) is 0 Å². The van der Waals surface area contributed by atoms with E-state index in [1.165, 1.54) is 5.56 Å². The molecule has 1 amide bonds. The van der Waals surface area contributed by atoms with Gasteiger partial charge in [0, 0.05) is 33.0 Å². The summed E-state index contributed by atoms with van der Waals surface area (Å²) >= 11 is 0. The van der Waals surface area contributed by atoms with Crippen LogP contribution in [0.3, 0.4) is 0 Å². The molecule has 8 heteroatoms. The van der Waals surface area contributed by atoms with E-state index in [2.05, 4.69) is 17.4 Å². The fourth-order valence-corrected chi connectivity index (χ4v) is 6.73. The topological polar surface area (TPSA) is 84.3 Å². The van der Waals surface area contributed by atoms with Crippen molar-refractivity contribution >= 4 is 27.0 Å². The average Bonchev–Trinajstić information content (AvgIpc) is 3.16. The van der Waals surface area contributed by atoms with Crippen LogP contribution in [0.15, 0.2) is 53.4 Å². The molecule has 3 aromatic rings. The number of rotatable bonds is 7. The monoisotopic (exact) mass is 480 g/mol. The third-order valence-corrected chi connectivity index (χ3v) is 9.28. The number of nitrogens with zero attached hydrogens (tertiary/aromatic N) is 3. The van der Waals surface area contributed by atoms with E-state index in [9.17, 15) is 13.2 Å². The Hall–Kier alpha value is -2.71. The molecule has 1 N–H and O–H groups in total. The van der Waals surface area contributed by atoms with Gasteiger partial charge in [-0.2, -0.15) is 4.31 Å². The molecular weight excluding hydrogens is 448 g/mol. The molecule has 0 atom stereocenters. The Balaban J connectivity index is 1.30. The molecule has 7 nitrogen and oxygen atoms in total. The standard InChI is InChI=1S/C26H32N4O3S/c1-29-23-12-11-21(34(32,33)30-17-6-3-7-18-30)19-22(23)27-24(29)13-14-25(31)28-26(15-8-16-26)20-9-4-2-5-10-20/h2,4-5,9-12,19H,3,6-8,13-18H2,1H3,(H,28,31). The van der Waals surface area contributed by atoms with Gasteiger partial charge in [-0.25, -0.2) is 13.4 Å². The van der Waals surface area contributed by atoms with E-state index < -0.39 is 10.0 Å². The van der Waals surface area contributed by atoms with E-state index in [1.807, 2.05) is 35.9 Å². The summed E-state index contributed by atoms with van der Waals surface area (Å²) in [5.74, 6) is 0.795. The summed E-state index contributed by atoms with van der Waals surface area (Å²) in [6, 6.07) is 15.3. The Kier molecular flexibility index (Phi) is 6.20. The van der Waals surface area contributed by atoms with E-state index in [4.69, 9.17) is 4.98 Å². The maximum Gasteiger partial charge on any atom is 0.243 e. The van der Waals surface area contributed by atoms with Crippen molar-refractivity contribution in [1.29, 1.82) is 0 Å². The minimum atomic E-state index is -3.51. The Morgan fingerprint density at radius 1 is 1.03 bits per heavy atom. The molecule has 0 bridgehead atoms. The Morgan fingerprint density at radius 2 is 1.76 bits per heavy atom. The smallest absolute Gasteiger partial charge is 0.243 e. The zero-order chi connectivity index (χ0) is 23.8. The van der Waals surface area contributed by atoms with Gasteiger partial charge in [0.2, 0.25) is 15.9 Å². The van der Waals surface area contributed by atoms with Gasteiger partial charge in [-0.3, -0.25) is 4.79 Å². The Bertz CT molecular complexity index is 1290. The maximum atomic E-state index is 13.1. The molecule has 1 aromatic heterocycles. The number of fused-ring (bicyclic) bond motifs is 1. The second-order valence-electron chi connectivity index (χ2n) is 9.55. The summed E-state index contributed by atoms with van der Waals surface area (Å²) in [5.41, 5.74) is 2.44. The lowest BCUT2D eigenvalue weighted by Crippen LogP contribution is -2.50. The van der Waals surface area contributed by atoms with Crippen molar-refractivity contribution in [3.8, 4) is 0 Å². The Morgan fingerprint density at radius 3 is 2.44 bits per heavy atom. The van der Waals surface area contributed by atoms with Gasteiger partial charge in [-0.05, 0) is 55.9 Å². The highest BCUT2D eigenvalue weighted by Gasteiger charge is 2.39. The number of nitrogens with one attached hydrogen (secondary N) is 1. The van der Waals surface area contributed by atoms with E-state index in [1.54, 1.807) is 16.4 Å². The number of hydrogen-bond acceptors (Lipinski definition) is 4. The molecule has 2 aliphatic rings. The van der Waals surface area contributed by atoms with Crippen LogP contribution in [0.5, 0.6) is 0 Å². The van der Waals surface area contributed by atoms with Crippen LogP contribution in [-0.4, -0.2) is 41.3 Å². The third kappa shape index (κ3) is 4.25. The summed E-state index contributed by atoms with van der Waals surface area (Å²) in [6.07, 6.45) is 6.76. The summed E-state index contributed by atoms with van der Waals surface area (Å²) in [6.45, 7) is 1.15. The van der Waals surface area contributed by atoms with Crippen molar-refractivity contribution in [1.82, 2.24) is 19.2 Å². The van der Waals surface area contributed by atoms with Crippen LogP contribution in [0.4, 0.5) is 0 Å². The van der Waals surface area contributed by atoms with Crippen LogP contribution < -0.4 is 5.32 Å². The highest BCUT2D eigenvalue weighted by molar-refractivity contribution is 7.89. The van der Waals surface area contributed by atoms with E-state index in [0.29, 0.717) is 36.3 Å². The fraction of sp³-hybridized carbons (Fsp3) is 0.462. The molecule has 180 valence electrons. The lowest BCUT2D eigenvalue weighted by Gasteiger charge is -2.43. The lowest BCUT2D eigenvalue weighted by molar-refractivity contribution is -0.124. The zero-order valence-electron chi connectivity index (χ0n) is 19.7. The fourth-order valence-electron chi connectivity index (χ4n) is 5.20. The second-order valence-corrected chi connectivity index (χ2v) is 11.5. The van der Waals surface area contributed by atoms with Crippen molar-refractivity contribution in [2.45, 2.75) is 61.8 Å². The number of sulfonamides is 1. The van der Waals surface area contributed by atoms with Crippen LogP contribution in [0.1, 0.15) is 56.3 Å². The first-order valence-corrected chi connectivity index (χ1v) is 13.7.